The van der Waals surface area contributed by atoms with Crippen molar-refractivity contribution in [1.29, 1.82) is 0 Å². The first-order valence-electron chi connectivity index (χ1n) is 4.79. The summed E-state index contributed by atoms with van der Waals surface area (Å²) < 4.78 is 1.25. The average Bonchev–Trinajstić information content (AvgIpc) is 2.44. The molecule has 0 aliphatic carbocycles. The van der Waals surface area contributed by atoms with Gasteiger partial charge in [-0.05, 0) is 38.5 Å². The summed E-state index contributed by atoms with van der Waals surface area (Å²) in [6.07, 6.45) is 0. The zero-order chi connectivity index (χ0) is 10.1. The molecule has 0 saturated carbocycles. The Morgan fingerprint density at radius 3 is 2.86 bits per heavy atom. The number of aromatic nitrogens is 1. The van der Waals surface area contributed by atoms with E-state index in [0.717, 1.165) is 10.6 Å². The molecule has 1 aromatic carbocycles. The van der Waals surface area contributed by atoms with E-state index < -0.39 is 0 Å². The van der Waals surface area contributed by atoms with Crippen molar-refractivity contribution >= 4 is 26.7 Å². The van der Waals surface area contributed by atoms with E-state index in [2.05, 4.69) is 49.3 Å². The van der Waals surface area contributed by atoms with Gasteiger partial charge in [0.2, 0.25) is 0 Å². The molecule has 14 heavy (non-hydrogen) atoms. The van der Waals surface area contributed by atoms with Crippen LogP contribution in [-0.2, 0) is 0 Å². The number of nitrogens with zero attached hydrogens (tertiary/aromatic N) is 1. The topological polar surface area (TPSA) is 24.9 Å². The van der Waals surface area contributed by atoms with Crippen molar-refractivity contribution in [3.63, 3.8) is 0 Å². The van der Waals surface area contributed by atoms with Crippen LogP contribution in [0.5, 0.6) is 0 Å². The third kappa shape index (κ3) is 1.87. The van der Waals surface area contributed by atoms with Crippen molar-refractivity contribution in [3.8, 4) is 0 Å². The van der Waals surface area contributed by atoms with E-state index in [1.165, 1.54) is 10.3 Å². The molecule has 0 fully saturated rings. The molecular weight excluding hydrogens is 192 g/mol. The van der Waals surface area contributed by atoms with Gasteiger partial charge < -0.3 is 5.32 Å². The molecule has 0 bridgehead atoms. The van der Waals surface area contributed by atoms with Gasteiger partial charge in [-0.15, -0.1) is 0 Å². The van der Waals surface area contributed by atoms with Gasteiger partial charge in [0.25, 0.3) is 0 Å². The quantitative estimate of drug-likeness (QED) is 0.814. The fraction of sp³-hybridized carbons (Fsp3) is 0.364. The van der Waals surface area contributed by atoms with Crippen molar-refractivity contribution < 1.29 is 0 Å². The summed E-state index contributed by atoms with van der Waals surface area (Å²) in [4.78, 5) is 4.52. The highest BCUT2D eigenvalue weighted by Gasteiger charge is 2.03. The summed E-state index contributed by atoms with van der Waals surface area (Å²) in [5.74, 6) is 0. The zero-order valence-corrected chi connectivity index (χ0v) is 9.48. The van der Waals surface area contributed by atoms with Crippen LogP contribution in [0.4, 0.5) is 5.13 Å². The third-order valence-electron chi connectivity index (χ3n) is 1.96. The molecule has 2 nitrogen and oxygen atoms in total. The van der Waals surface area contributed by atoms with Gasteiger partial charge in [0.05, 0.1) is 10.2 Å². The largest absolute Gasteiger partial charge is 0.359 e. The monoisotopic (exact) mass is 206 g/mol. The smallest absolute Gasteiger partial charge is 0.183 e. The summed E-state index contributed by atoms with van der Waals surface area (Å²) in [7, 11) is 0. The van der Waals surface area contributed by atoms with Crippen LogP contribution in [0.15, 0.2) is 18.2 Å². The second-order valence-corrected chi connectivity index (χ2v) is 4.82. The molecule has 1 aromatic heterocycles. The van der Waals surface area contributed by atoms with E-state index in [9.17, 15) is 0 Å². The number of fused-ring (bicyclic) bond motifs is 1. The maximum atomic E-state index is 4.52. The fourth-order valence-corrected chi connectivity index (χ4v) is 2.34. The summed E-state index contributed by atoms with van der Waals surface area (Å²) in [6.45, 7) is 6.34. The van der Waals surface area contributed by atoms with Gasteiger partial charge >= 0.3 is 0 Å². The SMILES string of the molecule is Cc1ccc2sc(NC(C)C)nc2c1. The average molecular weight is 206 g/mol. The summed E-state index contributed by atoms with van der Waals surface area (Å²) in [5, 5.41) is 4.34. The molecule has 2 rings (SSSR count). The molecule has 0 atom stereocenters. The molecule has 0 spiro atoms. The lowest BCUT2D eigenvalue weighted by Gasteiger charge is -2.03. The Bertz CT molecular complexity index is 445. The number of hydrogen-bond donors (Lipinski definition) is 1. The highest BCUT2D eigenvalue weighted by Crippen LogP contribution is 2.26. The molecule has 0 unspecified atom stereocenters. The van der Waals surface area contributed by atoms with Gasteiger partial charge in [-0.3, -0.25) is 0 Å². The Kier molecular flexibility index (Phi) is 2.42. The van der Waals surface area contributed by atoms with Crippen molar-refractivity contribution in [2.24, 2.45) is 0 Å². The van der Waals surface area contributed by atoms with Crippen molar-refractivity contribution in [2.45, 2.75) is 26.8 Å². The second kappa shape index (κ2) is 3.58. The standard InChI is InChI=1S/C11H14N2S/c1-7(2)12-11-13-9-6-8(3)4-5-10(9)14-11/h4-7H,1-3H3,(H,12,13). The van der Waals surface area contributed by atoms with Crippen molar-refractivity contribution in [2.75, 3.05) is 5.32 Å². The second-order valence-electron chi connectivity index (χ2n) is 3.79. The number of rotatable bonds is 2. The first-order chi connectivity index (χ1) is 6.65. The molecule has 3 heteroatoms. The van der Waals surface area contributed by atoms with Gasteiger partial charge in [-0.1, -0.05) is 17.4 Å². The minimum absolute atomic E-state index is 0.441. The Balaban J connectivity index is 2.41. The summed E-state index contributed by atoms with van der Waals surface area (Å²) >= 11 is 1.71. The minimum atomic E-state index is 0.441. The highest BCUT2D eigenvalue weighted by molar-refractivity contribution is 7.22. The van der Waals surface area contributed by atoms with Gasteiger partial charge in [0.15, 0.2) is 5.13 Å². The van der Waals surface area contributed by atoms with E-state index in [0.29, 0.717) is 6.04 Å². The lowest BCUT2D eigenvalue weighted by molar-refractivity contribution is 0.897. The molecular formula is C11H14N2S. The lowest BCUT2D eigenvalue weighted by Crippen LogP contribution is -2.08. The zero-order valence-electron chi connectivity index (χ0n) is 8.66. The number of hydrogen-bond acceptors (Lipinski definition) is 3. The molecule has 74 valence electrons. The number of nitrogens with one attached hydrogen (secondary N) is 1. The van der Waals surface area contributed by atoms with Crippen LogP contribution in [0.1, 0.15) is 19.4 Å². The van der Waals surface area contributed by atoms with Gasteiger partial charge in [0, 0.05) is 6.04 Å². The van der Waals surface area contributed by atoms with E-state index in [1.54, 1.807) is 11.3 Å². The molecule has 1 N–H and O–H groups in total. The Hall–Kier alpha value is -1.09. The maximum Gasteiger partial charge on any atom is 0.183 e. The normalized spacial score (nSPS) is 11.1. The van der Waals surface area contributed by atoms with Crippen LogP contribution >= 0.6 is 11.3 Å². The van der Waals surface area contributed by atoms with Crippen LogP contribution < -0.4 is 5.32 Å². The minimum Gasteiger partial charge on any atom is -0.359 e. The van der Waals surface area contributed by atoms with Crippen LogP contribution in [0, 0.1) is 6.92 Å². The third-order valence-corrected chi connectivity index (χ3v) is 2.92. The predicted octanol–water partition coefficient (Wildman–Crippen LogP) is 3.43. The molecule has 0 saturated heterocycles. The van der Waals surface area contributed by atoms with Crippen LogP contribution in [0.25, 0.3) is 10.2 Å². The number of anilines is 1. The van der Waals surface area contributed by atoms with E-state index in [1.807, 2.05) is 0 Å². The van der Waals surface area contributed by atoms with Gasteiger partial charge in [-0.25, -0.2) is 4.98 Å². The molecule has 0 aliphatic rings. The first kappa shape index (κ1) is 9.46. The first-order valence-corrected chi connectivity index (χ1v) is 5.60. The van der Waals surface area contributed by atoms with E-state index in [-0.39, 0.29) is 0 Å². The van der Waals surface area contributed by atoms with E-state index >= 15 is 0 Å². The summed E-state index contributed by atoms with van der Waals surface area (Å²) in [5.41, 5.74) is 2.36. The Labute approximate surface area is 88.0 Å². The number of benzene rings is 1. The number of aryl methyl sites for hydroxylation is 1. The van der Waals surface area contributed by atoms with Crippen molar-refractivity contribution in [3.05, 3.63) is 23.8 Å². The molecule has 0 aliphatic heterocycles. The molecule has 0 amide bonds. The molecule has 2 aromatic rings. The maximum absolute atomic E-state index is 4.52. The molecule has 1 heterocycles. The highest BCUT2D eigenvalue weighted by atomic mass is 32.1. The van der Waals surface area contributed by atoms with Crippen molar-refractivity contribution in [1.82, 2.24) is 4.98 Å². The summed E-state index contributed by atoms with van der Waals surface area (Å²) in [6, 6.07) is 6.82. The van der Waals surface area contributed by atoms with Crippen LogP contribution in [0.2, 0.25) is 0 Å². The van der Waals surface area contributed by atoms with Crippen LogP contribution in [-0.4, -0.2) is 11.0 Å². The van der Waals surface area contributed by atoms with E-state index in [4.69, 9.17) is 0 Å². The fourth-order valence-electron chi connectivity index (χ4n) is 1.35. The Morgan fingerprint density at radius 2 is 2.14 bits per heavy atom. The molecule has 0 radical (unpaired) electrons. The lowest BCUT2D eigenvalue weighted by atomic mass is 10.2. The van der Waals surface area contributed by atoms with Crippen LogP contribution in [0.3, 0.4) is 0 Å². The predicted molar refractivity (Wildman–Crippen MR) is 63.1 cm³/mol. The van der Waals surface area contributed by atoms with Gasteiger partial charge in [-0.2, -0.15) is 0 Å². The Morgan fingerprint density at radius 1 is 1.36 bits per heavy atom. The van der Waals surface area contributed by atoms with Gasteiger partial charge in [0.1, 0.15) is 0 Å². The number of thiazole rings is 1.